The maximum absolute atomic E-state index is 12.0. The van der Waals surface area contributed by atoms with Crippen molar-refractivity contribution in [3.05, 3.63) is 46.5 Å². The SMILES string of the molecule is CC(C)(C)Cc1ncnc2[nH]c(Cn3cccc(N)c3=O)nc12. The summed E-state index contributed by atoms with van der Waals surface area (Å²) in [6, 6.07) is 3.33. The standard InChI is InChI=1S/C16H20N6O/c1-16(2,3)7-11-13-14(19-9-18-11)21-12(20-13)8-22-6-4-5-10(17)15(22)23/h4-6,9H,7-8,17H2,1-3H3,(H,18,19,20,21). The maximum Gasteiger partial charge on any atom is 0.274 e. The minimum atomic E-state index is -0.228. The molecule has 0 amide bonds. The highest BCUT2D eigenvalue weighted by Crippen LogP contribution is 2.23. The molecule has 0 fully saturated rings. The quantitative estimate of drug-likeness (QED) is 0.766. The number of hydrogen-bond acceptors (Lipinski definition) is 5. The van der Waals surface area contributed by atoms with Crippen molar-refractivity contribution in [2.45, 2.75) is 33.7 Å². The van der Waals surface area contributed by atoms with Gasteiger partial charge in [-0.15, -0.1) is 0 Å². The number of aromatic amines is 1. The number of H-pyrrole nitrogens is 1. The molecule has 3 N–H and O–H groups in total. The number of nitrogens with two attached hydrogens (primary N) is 1. The number of pyridine rings is 1. The molecule has 3 heterocycles. The molecule has 3 rings (SSSR count). The van der Waals surface area contributed by atoms with E-state index in [9.17, 15) is 4.79 Å². The van der Waals surface area contributed by atoms with E-state index in [1.807, 2.05) is 0 Å². The summed E-state index contributed by atoms with van der Waals surface area (Å²) >= 11 is 0. The fourth-order valence-electron chi connectivity index (χ4n) is 2.47. The lowest BCUT2D eigenvalue weighted by Crippen LogP contribution is -2.22. The molecular weight excluding hydrogens is 292 g/mol. The van der Waals surface area contributed by atoms with Gasteiger partial charge >= 0.3 is 0 Å². The first-order chi connectivity index (χ1) is 10.8. The number of anilines is 1. The van der Waals surface area contributed by atoms with Gasteiger partial charge in [0.1, 0.15) is 17.7 Å². The summed E-state index contributed by atoms with van der Waals surface area (Å²) in [6.07, 6.45) is 4.03. The highest BCUT2D eigenvalue weighted by molar-refractivity contribution is 5.73. The van der Waals surface area contributed by atoms with E-state index in [2.05, 4.69) is 40.7 Å². The average Bonchev–Trinajstić information content (AvgIpc) is 2.86. The molecule has 120 valence electrons. The molecule has 7 nitrogen and oxygen atoms in total. The molecule has 7 heteroatoms. The van der Waals surface area contributed by atoms with Gasteiger partial charge in [0.2, 0.25) is 0 Å². The molecule has 23 heavy (non-hydrogen) atoms. The molecule has 0 aromatic carbocycles. The van der Waals surface area contributed by atoms with Gasteiger partial charge in [-0.05, 0) is 24.0 Å². The van der Waals surface area contributed by atoms with Gasteiger partial charge in [-0.2, -0.15) is 0 Å². The number of nitrogens with zero attached hydrogens (tertiary/aromatic N) is 4. The predicted octanol–water partition coefficient (Wildman–Crippen LogP) is 1.73. The van der Waals surface area contributed by atoms with E-state index in [1.54, 1.807) is 18.3 Å². The van der Waals surface area contributed by atoms with Crippen LogP contribution in [0.5, 0.6) is 0 Å². The zero-order valence-electron chi connectivity index (χ0n) is 13.5. The van der Waals surface area contributed by atoms with E-state index in [4.69, 9.17) is 5.73 Å². The Morgan fingerprint density at radius 2 is 2.09 bits per heavy atom. The molecule has 0 aliphatic carbocycles. The lowest BCUT2D eigenvalue weighted by Gasteiger charge is -2.16. The van der Waals surface area contributed by atoms with Crippen molar-refractivity contribution in [3.8, 4) is 0 Å². The Morgan fingerprint density at radius 1 is 1.30 bits per heavy atom. The highest BCUT2D eigenvalue weighted by Gasteiger charge is 2.17. The summed E-state index contributed by atoms with van der Waals surface area (Å²) in [5, 5.41) is 0. The fourth-order valence-corrected chi connectivity index (χ4v) is 2.47. The Labute approximate surface area is 133 Å². The summed E-state index contributed by atoms with van der Waals surface area (Å²) < 4.78 is 1.52. The Hall–Kier alpha value is -2.70. The van der Waals surface area contributed by atoms with Crippen molar-refractivity contribution in [1.29, 1.82) is 0 Å². The number of fused-ring (bicyclic) bond motifs is 1. The summed E-state index contributed by atoms with van der Waals surface area (Å²) in [4.78, 5) is 28.3. The molecule has 0 bridgehead atoms. The van der Waals surface area contributed by atoms with Gasteiger partial charge in [-0.1, -0.05) is 20.8 Å². The van der Waals surface area contributed by atoms with Crippen LogP contribution in [0.25, 0.3) is 11.2 Å². The topological polar surface area (TPSA) is 102 Å². The van der Waals surface area contributed by atoms with Crippen LogP contribution in [0.2, 0.25) is 0 Å². The van der Waals surface area contributed by atoms with Crippen LogP contribution < -0.4 is 11.3 Å². The maximum atomic E-state index is 12.0. The molecule has 0 spiro atoms. The Bertz CT molecular complexity index is 903. The van der Waals surface area contributed by atoms with Crippen LogP contribution in [0.15, 0.2) is 29.5 Å². The van der Waals surface area contributed by atoms with Crippen LogP contribution in [0, 0.1) is 5.41 Å². The summed E-state index contributed by atoms with van der Waals surface area (Å²) in [5.74, 6) is 0.656. The van der Waals surface area contributed by atoms with Crippen molar-refractivity contribution in [1.82, 2.24) is 24.5 Å². The van der Waals surface area contributed by atoms with Crippen LogP contribution in [0.3, 0.4) is 0 Å². The number of rotatable bonds is 3. The summed E-state index contributed by atoms with van der Waals surface area (Å²) in [5.41, 5.74) is 8.10. The molecule has 0 atom stereocenters. The second kappa shape index (κ2) is 5.49. The minimum absolute atomic E-state index is 0.102. The van der Waals surface area contributed by atoms with E-state index in [1.165, 1.54) is 10.9 Å². The van der Waals surface area contributed by atoms with Crippen molar-refractivity contribution in [2.24, 2.45) is 5.41 Å². The van der Waals surface area contributed by atoms with Crippen LogP contribution in [0.4, 0.5) is 5.69 Å². The van der Waals surface area contributed by atoms with Gasteiger partial charge in [0, 0.05) is 6.20 Å². The van der Waals surface area contributed by atoms with E-state index < -0.39 is 0 Å². The summed E-state index contributed by atoms with van der Waals surface area (Å²) in [7, 11) is 0. The van der Waals surface area contributed by atoms with Crippen LogP contribution >= 0.6 is 0 Å². The number of hydrogen-bond donors (Lipinski definition) is 2. The van der Waals surface area contributed by atoms with Gasteiger partial charge in [0.15, 0.2) is 5.65 Å². The molecule has 0 aliphatic rings. The minimum Gasteiger partial charge on any atom is -0.394 e. The zero-order chi connectivity index (χ0) is 16.6. The molecule has 0 unspecified atom stereocenters. The predicted molar refractivity (Wildman–Crippen MR) is 89.1 cm³/mol. The second-order valence-corrected chi connectivity index (χ2v) is 6.84. The van der Waals surface area contributed by atoms with Gasteiger partial charge < -0.3 is 15.3 Å². The highest BCUT2D eigenvalue weighted by atomic mass is 16.1. The van der Waals surface area contributed by atoms with Crippen LogP contribution in [-0.2, 0) is 13.0 Å². The fraction of sp³-hybridized carbons (Fsp3) is 0.375. The normalized spacial score (nSPS) is 12.0. The second-order valence-electron chi connectivity index (χ2n) is 6.84. The third-order valence-electron chi connectivity index (χ3n) is 3.48. The molecule has 0 saturated heterocycles. The third-order valence-corrected chi connectivity index (χ3v) is 3.48. The molecule has 3 aromatic heterocycles. The molecule has 0 radical (unpaired) electrons. The van der Waals surface area contributed by atoms with Gasteiger partial charge in [0.25, 0.3) is 5.56 Å². The van der Waals surface area contributed by atoms with Gasteiger partial charge in [-0.3, -0.25) is 4.79 Å². The number of nitrogens with one attached hydrogen (secondary N) is 1. The Balaban J connectivity index is 1.99. The number of aromatic nitrogens is 5. The smallest absolute Gasteiger partial charge is 0.274 e. The molecule has 3 aromatic rings. The van der Waals surface area contributed by atoms with Crippen LogP contribution in [-0.4, -0.2) is 24.5 Å². The van der Waals surface area contributed by atoms with E-state index in [0.717, 1.165) is 17.6 Å². The van der Waals surface area contributed by atoms with E-state index in [-0.39, 0.29) is 16.7 Å². The zero-order valence-corrected chi connectivity index (χ0v) is 13.5. The first-order valence-corrected chi connectivity index (χ1v) is 7.47. The van der Waals surface area contributed by atoms with Crippen LogP contribution in [0.1, 0.15) is 32.3 Å². The number of imidazole rings is 1. The van der Waals surface area contributed by atoms with Gasteiger partial charge in [0.05, 0.1) is 17.9 Å². The third kappa shape index (κ3) is 3.23. The van der Waals surface area contributed by atoms with Crippen molar-refractivity contribution < 1.29 is 0 Å². The number of nitrogen functional groups attached to an aromatic ring is 1. The Morgan fingerprint density at radius 3 is 2.83 bits per heavy atom. The monoisotopic (exact) mass is 312 g/mol. The van der Waals surface area contributed by atoms with E-state index in [0.29, 0.717) is 18.0 Å². The van der Waals surface area contributed by atoms with Crippen molar-refractivity contribution in [2.75, 3.05) is 5.73 Å². The largest absolute Gasteiger partial charge is 0.394 e. The van der Waals surface area contributed by atoms with Crippen molar-refractivity contribution in [3.63, 3.8) is 0 Å². The first-order valence-electron chi connectivity index (χ1n) is 7.47. The molecular formula is C16H20N6O. The molecule has 0 saturated carbocycles. The van der Waals surface area contributed by atoms with Crippen molar-refractivity contribution >= 4 is 16.9 Å². The molecule has 0 aliphatic heterocycles. The Kier molecular flexibility index (Phi) is 3.63. The summed E-state index contributed by atoms with van der Waals surface area (Å²) in [6.45, 7) is 6.78. The first kappa shape index (κ1) is 15.2. The lowest BCUT2D eigenvalue weighted by molar-refractivity contribution is 0.407. The van der Waals surface area contributed by atoms with E-state index >= 15 is 0 Å². The van der Waals surface area contributed by atoms with Gasteiger partial charge in [-0.25, -0.2) is 15.0 Å². The lowest BCUT2D eigenvalue weighted by atomic mass is 9.90. The average molecular weight is 312 g/mol.